The lowest BCUT2D eigenvalue weighted by atomic mass is 9.84. The van der Waals surface area contributed by atoms with Gasteiger partial charge in [-0.1, -0.05) is 24.3 Å². The summed E-state index contributed by atoms with van der Waals surface area (Å²) in [6.45, 7) is 1.94. The standard InChI is InChI=1S/C40H47N3O10/c1-24-11-10-14-27(45)13-7-5-6-12-25-19-31(46)37(38(48)36(25)40(49)53-24)28(26-20-32(50-2)39(52-4)33(21-26)51-3)22-35(47)41-17-18-43-30-16-9-8-15-29(30)42-34(43)23-44/h6,8-9,12,15-16,19-21,24,28,44,46,48H,5,7,10-11,13-14,17-18,22-23H2,1-4H3,(H,41,47)/b12-6+/t24-,28?/m0/s1. The van der Waals surface area contributed by atoms with Gasteiger partial charge in [0.1, 0.15) is 35.3 Å². The van der Waals surface area contributed by atoms with E-state index in [1.807, 2.05) is 28.8 Å². The van der Waals surface area contributed by atoms with Gasteiger partial charge in [-0.05, 0) is 74.1 Å². The lowest BCUT2D eigenvalue weighted by Gasteiger charge is -2.24. The minimum Gasteiger partial charge on any atom is -0.507 e. The number of nitrogens with zero attached hydrogens (tertiary/aromatic N) is 2. The largest absolute Gasteiger partial charge is 0.507 e. The second-order valence-electron chi connectivity index (χ2n) is 13.0. The van der Waals surface area contributed by atoms with Gasteiger partial charge in [0, 0.05) is 43.8 Å². The number of aromatic hydroxyl groups is 2. The lowest BCUT2D eigenvalue weighted by Crippen LogP contribution is -2.29. The average molecular weight is 730 g/mol. The first-order valence-electron chi connectivity index (χ1n) is 17.7. The number of fused-ring (bicyclic) bond motifs is 2. The number of Topliss-reactive ketones (excluding diaryl/α,β-unsaturated/α-hetero) is 1. The summed E-state index contributed by atoms with van der Waals surface area (Å²) in [5.41, 5.74) is 1.95. The molecule has 1 aliphatic rings. The fourth-order valence-corrected chi connectivity index (χ4v) is 6.77. The zero-order valence-corrected chi connectivity index (χ0v) is 30.5. The molecule has 1 unspecified atom stereocenters. The van der Waals surface area contributed by atoms with Crippen LogP contribution in [0, 0.1) is 0 Å². The Morgan fingerprint density at radius 1 is 1.04 bits per heavy atom. The molecule has 1 aromatic heterocycles. The number of hydrogen-bond acceptors (Lipinski definition) is 11. The van der Waals surface area contributed by atoms with Gasteiger partial charge in [-0.3, -0.25) is 9.59 Å². The number of aliphatic hydroxyl groups is 1. The Morgan fingerprint density at radius 3 is 2.45 bits per heavy atom. The number of carbonyl (C=O) groups is 3. The van der Waals surface area contributed by atoms with Crippen molar-refractivity contribution in [2.24, 2.45) is 0 Å². The molecule has 0 saturated heterocycles. The Bertz CT molecular complexity index is 1960. The molecule has 4 aromatic rings. The molecule has 4 N–H and O–H groups in total. The Hall–Kier alpha value is -5.56. The molecule has 282 valence electrons. The molecule has 0 aliphatic carbocycles. The molecule has 0 radical (unpaired) electrons. The molecular formula is C40H47N3O10. The van der Waals surface area contributed by atoms with Gasteiger partial charge in [0.15, 0.2) is 11.5 Å². The van der Waals surface area contributed by atoms with E-state index in [1.54, 1.807) is 31.2 Å². The molecule has 0 bridgehead atoms. The number of rotatable bonds is 11. The summed E-state index contributed by atoms with van der Waals surface area (Å²) in [4.78, 5) is 44.3. The molecule has 1 amide bonds. The summed E-state index contributed by atoms with van der Waals surface area (Å²) in [6, 6.07) is 12.1. The van der Waals surface area contributed by atoms with Crippen molar-refractivity contribution in [2.75, 3.05) is 27.9 Å². The number of methoxy groups -OCH3 is 3. The van der Waals surface area contributed by atoms with Crippen molar-refractivity contribution in [3.05, 3.63) is 76.6 Å². The van der Waals surface area contributed by atoms with Crippen LogP contribution in [-0.2, 0) is 27.5 Å². The Morgan fingerprint density at radius 2 is 1.75 bits per heavy atom. The van der Waals surface area contributed by atoms with Crippen LogP contribution in [0.4, 0.5) is 0 Å². The average Bonchev–Trinajstić information content (AvgIpc) is 3.50. The monoisotopic (exact) mass is 729 g/mol. The van der Waals surface area contributed by atoms with E-state index in [0.717, 1.165) is 11.0 Å². The summed E-state index contributed by atoms with van der Waals surface area (Å²) >= 11 is 0. The number of phenols is 2. The summed E-state index contributed by atoms with van der Waals surface area (Å²) in [7, 11) is 4.35. The summed E-state index contributed by atoms with van der Waals surface area (Å²) < 4.78 is 24.3. The smallest absolute Gasteiger partial charge is 0.342 e. The van der Waals surface area contributed by atoms with Crippen molar-refractivity contribution in [1.82, 2.24) is 14.9 Å². The molecule has 0 fully saturated rings. The predicted molar refractivity (Wildman–Crippen MR) is 198 cm³/mol. The zero-order valence-electron chi connectivity index (χ0n) is 30.5. The molecule has 13 nitrogen and oxygen atoms in total. The van der Waals surface area contributed by atoms with E-state index in [1.165, 1.54) is 27.4 Å². The van der Waals surface area contributed by atoms with Crippen molar-refractivity contribution < 1.29 is 48.7 Å². The van der Waals surface area contributed by atoms with Gasteiger partial charge in [0.05, 0.1) is 38.5 Å². The molecule has 0 saturated carbocycles. The minimum absolute atomic E-state index is 0.0685. The number of aromatic nitrogens is 2. The number of imidazole rings is 1. The van der Waals surface area contributed by atoms with Crippen LogP contribution in [0.5, 0.6) is 28.7 Å². The number of benzene rings is 3. The van der Waals surface area contributed by atoms with Gasteiger partial charge in [-0.15, -0.1) is 0 Å². The van der Waals surface area contributed by atoms with E-state index in [0.29, 0.717) is 62.2 Å². The summed E-state index contributed by atoms with van der Waals surface area (Å²) in [5, 5.41) is 36.4. The van der Waals surface area contributed by atoms with E-state index >= 15 is 0 Å². The van der Waals surface area contributed by atoms with Crippen LogP contribution in [0.15, 0.2) is 48.5 Å². The number of allylic oxidation sites excluding steroid dienone is 1. The van der Waals surface area contributed by atoms with Crippen LogP contribution < -0.4 is 19.5 Å². The molecule has 3 aromatic carbocycles. The van der Waals surface area contributed by atoms with Gasteiger partial charge in [-0.2, -0.15) is 0 Å². The van der Waals surface area contributed by atoms with Crippen LogP contribution in [0.1, 0.15) is 90.7 Å². The minimum atomic E-state index is -1.02. The molecule has 53 heavy (non-hydrogen) atoms. The molecule has 2 heterocycles. The highest BCUT2D eigenvalue weighted by Gasteiger charge is 2.32. The number of aliphatic hydroxyl groups excluding tert-OH is 1. The number of phenolic OH excluding ortho intramolecular Hbond substituents is 2. The highest BCUT2D eigenvalue weighted by Crippen LogP contribution is 2.47. The van der Waals surface area contributed by atoms with Crippen molar-refractivity contribution in [3.8, 4) is 28.7 Å². The van der Waals surface area contributed by atoms with Crippen LogP contribution in [0.2, 0.25) is 0 Å². The number of para-hydroxylation sites is 2. The maximum atomic E-state index is 13.8. The second-order valence-corrected chi connectivity index (χ2v) is 13.0. The first kappa shape index (κ1) is 38.7. The molecular weight excluding hydrogens is 682 g/mol. The van der Waals surface area contributed by atoms with Crippen molar-refractivity contribution >= 4 is 34.8 Å². The van der Waals surface area contributed by atoms with Crippen LogP contribution in [0.3, 0.4) is 0 Å². The number of ether oxygens (including phenoxy) is 4. The number of esters is 1. The van der Waals surface area contributed by atoms with Gasteiger partial charge >= 0.3 is 5.97 Å². The Labute approximate surface area is 308 Å². The van der Waals surface area contributed by atoms with Crippen LogP contribution >= 0.6 is 0 Å². The fourth-order valence-electron chi connectivity index (χ4n) is 6.77. The first-order valence-corrected chi connectivity index (χ1v) is 17.7. The number of nitrogens with one attached hydrogen (secondary N) is 1. The normalized spacial score (nSPS) is 16.6. The first-order chi connectivity index (χ1) is 25.6. The van der Waals surface area contributed by atoms with Crippen molar-refractivity contribution in [2.45, 2.75) is 77.0 Å². The van der Waals surface area contributed by atoms with E-state index in [9.17, 15) is 29.7 Å². The van der Waals surface area contributed by atoms with Gasteiger partial charge < -0.3 is 44.2 Å². The predicted octanol–water partition coefficient (Wildman–Crippen LogP) is 5.79. The molecule has 5 rings (SSSR count). The SMILES string of the molecule is COc1cc(C(CC(=O)NCCn2c(CO)nc3ccccc32)c2c(O)cc3c(c2O)C(=O)O[C@@H](C)CCCC(=O)CCC/C=C/3)cc(OC)c1OC. The number of hydrogen-bond donors (Lipinski definition) is 4. The number of amides is 1. The molecule has 2 atom stereocenters. The maximum absolute atomic E-state index is 13.8. The van der Waals surface area contributed by atoms with Crippen LogP contribution in [0.25, 0.3) is 17.1 Å². The zero-order chi connectivity index (χ0) is 38.1. The number of cyclic esters (lactones) is 1. The Balaban J connectivity index is 1.55. The second kappa shape index (κ2) is 17.8. The van der Waals surface area contributed by atoms with E-state index in [-0.39, 0.29) is 59.3 Å². The highest BCUT2D eigenvalue weighted by molar-refractivity contribution is 5.98. The highest BCUT2D eigenvalue weighted by atomic mass is 16.5. The molecule has 13 heteroatoms. The van der Waals surface area contributed by atoms with E-state index < -0.39 is 29.6 Å². The lowest BCUT2D eigenvalue weighted by molar-refractivity contribution is -0.121. The summed E-state index contributed by atoms with van der Waals surface area (Å²) in [5.74, 6) is -1.67. The topological polar surface area (TPSA) is 179 Å². The maximum Gasteiger partial charge on any atom is 0.342 e. The molecule has 1 aliphatic heterocycles. The third-order valence-corrected chi connectivity index (χ3v) is 9.41. The van der Waals surface area contributed by atoms with Crippen molar-refractivity contribution in [3.63, 3.8) is 0 Å². The molecule has 0 spiro atoms. The van der Waals surface area contributed by atoms with Gasteiger partial charge in [-0.25, -0.2) is 9.78 Å². The third kappa shape index (κ3) is 8.91. The Kier molecular flexibility index (Phi) is 13.0. The van der Waals surface area contributed by atoms with E-state index in [2.05, 4.69) is 10.3 Å². The third-order valence-electron chi connectivity index (χ3n) is 9.41. The van der Waals surface area contributed by atoms with Gasteiger partial charge in [0.2, 0.25) is 11.7 Å². The number of carbonyl (C=O) groups excluding carboxylic acids is 3. The van der Waals surface area contributed by atoms with E-state index in [4.69, 9.17) is 18.9 Å². The summed E-state index contributed by atoms with van der Waals surface area (Å²) in [6.07, 6.45) is 5.57. The quantitative estimate of drug-likeness (QED) is 0.138. The van der Waals surface area contributed by atoms with Crippen molar-refractivity contribution in [1.29, 1.82) is 0 Å². The number of ketones is 1. The fraction of sp³-hybridized carbons (Fsp3) is 0.400. The van der Waals surface area contributed by atoms with Gasteiger partial charge in [0.25, 0.3) is 0 Å². The van der Waals surface area contributed by atoms with Crippen LogP contribution in [-0.4, -0.2) is 76.5 Å².